The Morgan fingerprint density at radius 1 is 0.202 bits per heavy atom. The van der Waals surface area contributed by atoms with Crippen LogP contribution in [0, 0.1) is 6.92 Å². The van der Waals surface area contributed by atoms with E-state index in [1.807, 2.05) is 0 Å². The summed E-state index contributed by atoms with van der Waals surface area (Å²) in [4.78, 5) is 4.67. The summed E-state index contributed by atoms with van der Waals surface area (Å²) >= 11 is 0. The van der Waals surface area contributed by atoms with Crippen molar-refractivity contribution in [3.63, 3.8) is 0 Å². The Morgan fingerprint density at radius 2 is 0.477 bits per heavy atom. The fraction of sp³-hybridized carbons (Fsp3) is 0.0476. The largest absolute Gasteiger partial charge is 0.310 e. The number of anilines is 6. The molecule has 20 aromatic rings. The van der Waals surface area contributed by atoms with Crippen molar-refractivity contribution in [2.24, 2.45) is 0 Å². The lowest BCUT2D eigenvalue weighted by molar-refractivity contribution is 0.590. The van der Waals surface area contributed by atoms with Crippen LogP contribution in [0.2, 0.25) is 0 Å². The van der Waals surface area contributed by atoms with Crippen molar-refractivity contribution in [1.82, 2.24) is 9.13 Å². The molecular formula is C105H78N4. The zero-order valence-corrected chi connectivity index (χ0v) is 61.4. The number of hydrogen-bond donors (Lipinski definition) is 0. The van der Waals surface area contributed by atoms with E-state index in [1.54, 1.807) is 0 Å². The second-order valence-corrected chi connectivity index (χ2v) is 29.6. The number of fused-ring (bicyclic) bond motifs is 10. The van der Waals surface area contributed by atoms with E-state index >= 15 is 0 Å². The van der Waals surface area contributed by atoms with Crippen LogP contribution in [0.3, 0.4) is 0 Å². The summed E-state index contributed by atoms with van der Waals surface area (Å²) in [5, 5.41) is 15.1. The predicted octanol–water partition coefficient (Wildman–Crippen LogP) is 29.4. The van der Waals surface area contributed by atoms with E-state index in [0.29, 0.717) is 0 Å². The van der Waals surface area contributed by atoms with Gasteiger partial charge in [-0.3, -0.25) is 0 Å². The molecule has 0 saturated heterocycles. The van der Waals surface area contributed by atoms with Crippen molar-refractivity contribution in [2.45, 2.75) is 33.1 Å². The van der Waals surface area contributed by atoms with Gasteiger partial charge >= 0.3 is 0 Å². The van der Waals surface area contributed by atoms with Crippen LogP contribution in [0.5, 0.6) is 0 Å². The number of benzene rings is 18. The van der Waals surface area contributed by atoms with Crippen molar-refractivity contribution in [1.29, 1.82) is 0 Å². The molecule has 2 aromatic heterocycles. The number of para-hydroxylation sites is 6. The molecule has 0 spiro atoms. The molecule has 2 heterocycles. The van der Waals surface area contributed by atoms with E-state index in [4.69, 9.17) is 0 Å². The Balaban J connectivity index is 0.000000148. The van der Waals surface area contributed by atoms with Crippen LogP contribution in [-0.4, -0.2) is 9.13 Å². The van der Waals surface area contributed by atoms with Crippen LogP contribution in [0.25, 0.3) is 143 Å². The summed E-state index contributed by atoms with van der Waals surface area (Å²) in [6.45, 7) is 8.99. The zero-order valence-electron chi connectivity index (χ0n) is 61.4. The molecule has 109 heavy (non-hydrogen) atoms. The van der Waals surface area contributed by atoms with Gasteiger partial charge in [0.05, 0.1) is 22.1 Å². The van der Waals surface area contributed by atoms with E-state index in [1.165, 1.54) is 142 Å². The van der Waals surface area contributed by atoms with Crippen LogP contribution in [0.4, 0.5) is 34.1 Å². The van der Waals surface area contributed by atoms with Gasteiger partial charge in [0.25, 0.3) is 0 Å². The first-order valence-electron chi connectivity index (χ1n) is 37.8. The number of rotatable bonds is 12. The third-order valence-electron chi connectivity index (χ3n) is 21.9. The minimum atomic E-state index is 0.104. The van der Waals surface area contributed by atoms with Crippen molar-refractivity contribution >= 4 is 121 Å². The maximum Gasteiger partial charge on any atom is 0.0542 e. The number of nitrogens with zero attached hydrogens (tertiary/aromatic N) is 4. The van der Waals surface area contributed by atoms with E-state index in [2.05, 4.69) is 447 Å². The lowest BCUT2D eigenvalue weighted by atomic mass is 9.83. The Labute approximate surface area is 636 Å². The Kier molecular flexibility index (Phi) is 16.7. The quantitative estimate of drug-likeness (QED) is 0.113. The molecule has 18 aromatic carbocycles. The van der Waals surface area contributed by atoms with Gasteiger partial charge in [0, 0.05) is 67.0 Å². The van der Waals surface area contributed by atoms with Gasteiger partial charge in [-0.25, -0.2) is 0 Å². The van der Waals surface area contributed by atoms with Crippen LogP contribution >= 0.6 is 0 Å². The average Bonchev–Trinajstić information content (AvgIpc) is 0.810. The molecule has 0 saturated carbocycles. The zero-order chi connectivity index (χ0) is 73.1. The van der Waals surface area contributed by atoms with Gasteiger partial charge in [-0.1, -0.05) is 305 Å². The SMILES string of the molecule is CC(C)(C)c1ccc(-c2c3ccccc3c(-c3ccc(-n4c5ccccc5c5cc(N(c6ccccc6)c6ccccc6)ccc54)cc3)c3ccccc23)cc1.Cc1cccc(-c2c3ccccc3c(-c3ccc(-n4c5ccccc5c5cc(N(c6ccccc6)c6ccccc6)ccc54)cc3)c3ccccc23)c1. The van der Waals surface area contributed by atoms with Crippen LogP contribution in [0.15, 0.2) is 400 Å². The fourth-order valence-electron chi connectivity index (χ4n) is 17.0. The van der Waals surface area contributed by atoms with Crippen LogP contribution in [-0.2, 0) is 5.41 Å². The maximum atomic E-state index is 2.41. The summed E-state index contributed by atoms with van der Waals surface area (Å²) in [5.41, 5.74) is 26.6. The molecule has 0 radical (unpaired) electrons. The van der Waals surface area contributed by atoms with Crippen molar-refractivity contribution in [2.75, 3.05) is 9.80 Å². The standard InChI is InChI=1S/C54H42N2.C51H36N2/c1-54(2,3)39-30-26-37(27-31-39)52-45-21-10-12-23-47(45)53(48-24-13-11-22-46(48)52)38-28-32-42(33-29-38)56-50-25-15-14-20-44(50)49-36-43(34-35-51(49)56)55(40-16-6-4-7-17-40)41-18-8-5-9-19-41;1-35-15-14-16-37(33-35)51-45-24-10-8-22-43(45)50(44-23-9-11-25-46(44)51)36-27-29-40(30-28-36)53-48-26-13-12-21-42(48)47-34-41(31-32-49(47)53)52(38-17-4-2-5-18-38)39-19-6-3-7-20-39/h4-36H,1-3H3;2-34H,1H3. The highest BCUT2D eigenvalue weighted by Crippen LogP contribution is 2.49. The number of aromatic nitrogens is 2. The number of hydrogen-bond acceptors (Lipinski definition) is 2. The smallest absolute Gasteiger partial charge is 0.0542 e. The van der Waals surface area contributed by atoms with Crippen molar-refractivity contribution < 1.29 is 0 Å². The van der Waals surface area contributed by atoms with Gasteiger partial charge in [0.2, 0.25) is 0 Å². The average molecular weight is 1400 g/mol. The topological polar surface area (TPSA) is 16.3 Å². The third kappa shape index (κ3) is 11.8. The molecule has 0 N–H and O–H groups in total. The molecular weight excluding hydrogens is 1320 g/mol. The van der Waals surface area contributed by atoms with Gasteiger partial charge in [-0.2, -0.15) is 0 Å². The fourth-order valence-corrected chi connectivity index (χ4v) is 17.0. The summed E-state index contributed by atoms with van der Waals surface area (Å²) in [5.74, 6) is 0. The van der Waals surface area contributed by atoms with Gasteiger partial charge in [0.1, 0.15) is 0 Å². The lowest BCUT2D eigenvalue weighted by Gasteiger charge is -2.25. The first kappa shape index (κ1) is 65.9. The molecule has 0 unspecified atom stereocenters. The summed E-state index contributed by atoms with van der Waals surface area (Å²) in [6.07, 6.45) is 0. The van der Waals surface area contributed by atoms with Gasteiger partial charge in [0.15, 0.2) is 0 Å². The van der Waals surface area contributed by atoms with Gasteiger partial charge < -0.3 is 18.9 Å². The van der Waals surface area contributed by atoms with Gasteiger partial charge in [-0.05, 0) is 227 Å². The molecule has 20 rings (SSSR count). The van der Waals surface area contributed by atoms with E-state index in [9.17, 15) is 0 Å². The Hall–Kier alpha value is -13.8. The van der Waals surface area contributed by atoms with Crippen LogP contribution < -0.4 is 9.80 Å². The molecule has 0 atom stereocenters. The number of aryl methyl sites for hydroxylation is 1. The monoisotopic (exact) mass is 1390 g/mol. The maximum absolute atomic E-state index is 2.41. The molecule has 0 aliphatic carbocycles. The first-order chi connectivity index (χ1) is 53.7. The van der Waals surface area contributed by atoms with Gasteiger partial charge in [-0.15, -0.1) is 0 Å². The Morgan fingerprint density at radius 3 is 0.789 bits per heavy atom. The van der Waals surface area contributed by atoms with Crippen molar-refractivity contribution in [3.05, 3.63) is 412 Å². The second kappa shape index (κ2) is 27.6. The van der Waals surface area contributed by atoms with Crippen LogP contribution in [0.1, 0.15) is 31.9 Å². The lowest BCUT2D eigenvalue weighted by Crippen LogP contribution is -2.10. The molecule has 0 bridgehead atoms. The van der Waals surface area contributed by atoms with E-state index in [-0.39, 0.29) is 5.41 Å². The minimum Gasteiger partial charge on any atom is -0.310 e. The van der Waals surface area contributed by atoms with Crippen molar-refractivity contribution in [3.8, 4) is 55.9 Å². The minimum absolute atomic E-state index is 0.104. The summed E-state index contributed by atoms with van der Waals surface area (Å²) in [7, 11) is 0. The second-order valence-electron chi connectivity index (χ2n) is 29.6. The molecule has 0 fully saturated rings. The van der Waals surface area contributed by atoms with E-state index in [0.717, 1.165) is 45.5 Å². The highest BCUT2D eigenvalue weighted by Gasteiger charge is 2.24. The highest BCUT2D eigenvalue weighted by molar-refractivity contribution is 6.23. The molecule has 0 aliphatic rings. The summed E-state index contributed by atoms with van der Waals surface area (Å²) in [6, 6.07) is 146. The predicted molar refractivity (Wildman–Crippen MR) is 466 cm³/mol. The molecule has 0 amide bonds. The molecule has 4 nitrogen and oxygen atoms in total. The molecule has 518 valence electrons. The highest BCUT2D eigenvalue weighted by atomic mass is 15.1. The first-order valence-corrected chi connectivity index (χ1v) is 37.8. The molecule has 4 heteroatoms. The molecule has 0 aliphatic heterocycles. The third-order valence-corrected chi connectivity index (χ3v) is 21.9. The Bertz CT molecular complexity index is 6600. The summed E-state index contributed by atoms with van der Waals surface area (Å²) < 4.78 is 4.82. The van der Waals surface area contributed by atoms with E-state index < -0.39 is 0 Å². The normalized spacial score (nSPS) is 11.7.